The van der Waals surface area contributed by atoms with Crippen LogP contribution >= 0.6 is 11.8 Å². The molecule has 1 aromatic heterocycles. The predicted molar refractivity (Wildman–Crippen MR) is 107 cm³/mol. The first-order chi connectivity index (χ1) is 13.0. The number of Topliss-reactive ketones (excluding diaryl/α,β-unsaturated/α-hetero) is 1. The molecule has 0 radical (unpaired) electrons. The number of carbonyl (C=O) groups excluding carboxylic acids is 1. The van der Waals surface area contributed by atoms with Crippen LogP contribution in [0.25, 0.3) is 11.5 Å². The van der Waals surface area contributed by atoms with Crippen LogP contribution in [0.15, 0.2) is 52.1 Å². The second-order valence-corrected chi connectivity index (χ2v) is 7.49. The maximum atomic E-state index is 12.5. The summed E-state index contributed by atoms with van der Waals surface area (Å²) >= 11 is 1.23. The summed E-state index contributed by atoms with van der Waals surface area (Å²) in [6, 6.07) is 13.6. The van der Waals surface area contributed by atoms with E-state index in [0.29, 0.717) is 28.3 Å². The average molecular weight is 382 g/mol. The molecule has 0 N–H and O–H groups in total. The highest BCUT2D eigenvalue weighted by molar-refractivity contribution is 7.99. The maximum Gasteiger partial charge on any atom is 0.277 e. The Labute approximate surface area is 163 Å². The first-order valence-corrected chi connectivity index (χ1v) is 9.71. The number of thioether (sulfide) groups is 1. The van der Waals surface area contributed by atoms with E-state index >= 15 is 0 Å². The van der Waals surface area contributed by atoms with Crippen molar-refractivity contribution in [3.63, 3.8) is 0 Å². The molecule has 0 atom stereocenters. The Kier molecular flexibility index (Phi) is 5.96. The summed E-state index contributed by atoms with van der Waals surface area (Å²) in [7, 11) is 1.56. The Morgan fingerprint density at radius 1 is 1.15 bits per heavy atom. The summed E-state index contributed by atoms with van der Waals surface area (Å²) in [4.78, 5) is 12.5. The largest absolute Gasteiger partial charge is 0.496 e. The Bertz CT molecular complexity index is 933. The fraction of sp³-hybridized carbons (Fsp3) is 0.286. The van der Waals surface area contributed by atoms with E-state index in [2.05, 4.69) is 36.2 Å². The zero-order valence-corrected chi connectivity index (χ0v) is 16.7. The van der Waals surface area contributed by atoms with Crippen LogP contribution in [0.3, 0.4) is 0 Å². The average Bonchev–Trinajstić information content (AvgIpc) is 3.15. The smallest absolute Gasteiger partial charge is 0.277 e. The van der Waals surface area contributed by atoms with Gasteiger partial charge in [0.05, 0.1) is 18.4 Å². The standard InChI is InChI=1S/C21H22N2O3S/c1-13(2)15-6-8-16(9-7-15)20-22-23-21(26-20)27-12-18(24)17-11-14(3)5-10-19(17)25-4/h5-11,13H,12H2,1-4H3. The van der Waals surface area contributed by atoms with Gasteiger partial charge in [0.25, 0.3) is 5.22 Å². The molecule has 0 aliphatic heterocycles. The van der Waals surface area contributed by atoms with Gasteiger partial charge in [-0.05, 0) is 42.7 Å². The lowest BCUT2D eigenvalue weighted by Crippen LogP contribution is -2.05. The number of hydrogen-bond donors (Lipinski definition) is 0. The lowest BCUT2D eigenvalue weighted by molar-refractivity contribution is 0.101. The van der Waals surface area contributed by atoms with Crippen LogP contribution in [-0.4, -0.2) is 28.8 Å². The van der Waals surface area contributed by atoms with Gasteiger partial charge in [-0.2, -0.15) is 0 Å². The SMILES string of the molecule is COc1ccc(C)cc1C(=O)CSc1nnc(-c2ccc(C(C)C)cc2)o1. The van der Waals surface area contributed by atoms with Gasteiger partial charge in [0.1, 0.15) is 5.75 Å². The number of benzene rings is 2. The second kappa shape index (κ2) is 8.39. The molecule has 27 heavy (non-hydrogen) atoms. The van der Waals surface area contributed by atoms with E-state index in [-0.39, 0.29) is 11.5 Å². The predicted octanol–water partition coefficient (Wildman–Crippen LogP) is 5.15. The first-order valence-electron chi connectivity index (χ1n) is 8.72. The Hall–Kier alpha value is -2.60. The van der Waals surface area contributed by atoms with Crippen LogP contribution < -0.4 is 4.74 Å². The maximum absolute atomic E-state index is 12.5. The Morgan fingerprint density at radius 2 is 1.89 bits per heavy atom. The minimum atomic E-state index is -0.0402. The number of aryl methyl sites for hydroxylation is 1. The summed E-state index contributed by atoms with van der Waals surface area (Å²) in [5, 5.41) is 8.50. The van der Waals surface area contributed by atoms with Gasteiger partial charge < -0.3 is 9.15 Å². The van der Waals surface area contributed by atoms with Crippen LogP contribution in [0, 0.1) is 6.92 Å². The van der Waals surface area contributed by atoms with Gasteiger partial charge in [-0.25, -0.2) is 0 Å². The van der Waals surface area contributed by atoms with E-state index in [1.807, 2.05) is 31.2 Å². The number of ether oxygens (including phenoxy) is 1. The molecule has 3 rings (SSSR count). The van der Waals surface area contributed by atoms with Crippen molar-refractivity contribution in [3.8, 4) is 17.2 Å². The Balaban J connectivity index is 1.68. The van der Waals surface area contributed by atoms with Gasteiger partial charge in [-0.15, -0.1) is 10.2 Å². The summed E-state index contributed by atoms with van der Waals surface area (Å²) in [6.07, 6.45) is 0. The summed E-state index contributed by atoms with van der Waals surface area (Å²) in [5.41, 5.74) is 3.69. The van der Waals surface area contributed by atoms with Crippen molar-refractivity contribution in [2.75, 3.05) is 12.9 Å². The van der Waals surface area contributed by atoms with Crippen molar-refractivity contribution in [2.24, 2.45) is 0 Å². The number of aromatic nitrogens is 2. The molecule has 0 amide bonds. The monoisotopic (exact) mass is 382 g/mol. The van der Waals surface area contributed by atoms with Crippen LogP contribution in [-0.2, 0) is 0 Å². The van der Waals surface area contributed by atoms with E-state index < -0.39 is 0 Å². The number of ketones is 1. The van der Waals surface area contributed by atoms with Crippen molar-refractivity contribution in [1.82, 2.24) is 10.2 Å². The van der Waals surface area contributed by atoms with Gasteiger partial charge >= 0.3 is 0 Å². The molecule has 0 fully saturated rings. The van der Waals surface area contributed by atoms with E-state index in [4.69, 9.17) is 9.15 Å². The van der Waals surface area contributed by atoms with Gasteiger partial charge in [0, 0.05) is 5.56 Å². The molecular weight excluding hydrogens is 360 g/mol. The quantitative estimate of drug-likeness (QED) is 0.416. The Morgan fingerprint density at radius 3 is 2.56 bits per heavy atom. The molecule has 2 aromatic carbocycles. The number of hydrogen-bond acceptors (Lipinski definition) is 6. The summed E-state index contributed by atoms with van der Waals surface area (Å²) in [5.74, 6) is 1.66. The van der Waals surface area contributed by atoms with Gasteiger partial charge in [0.15, 0.2) is 5.78 Å². The minimum Gasteiger partial charge on any atom is -0.496 e. The number of nitrogens with zero attached hydrogens (tertiary/aromatic N) is 2. The molecular formula is C21H22N2O3S. The molecule has 6 heteroatoms. The third kappa shape index (κ3) is 4.57. The molecule has 0 unspecified atom stereocenters. The highest BCUT2D eigenvalue weighted by Crippen LogP contribution is 2.27. The van der Waals surface area contributed by atoms with Crippen molar-refractivity contribution < 1.29 is 13.9 Å². The van der Waals surface area contributed by atoms with Crippen molar-refractivity contribution >= 4 is 17.5 Å². The van der Waals surface area contributed by atoms with Gasteiger partial charge in [-0.3, -0.25) is 4.79 Å². The fourth-order valence-corrected chi connectivity index (χ4v) is 3.29. The topological polar surface area (TPSA) is 65.2 Å². The van der Waals surface area contributed by atoms with Crippen molar-refractivity contribution in [3.05, 3.63) is 59.2 Å². The third-order valence-electron chi connectivity index (χ3n) is 4.21. The highest BCUT2D eigenvalue weighted by atomic mass is 32.2. The molecule has 0 saturated heterocycles. The van der Waals surface area contributed by atoms with E-state index in [1.54, 1.807) is 13.2 Å². The van der Waals surface area contributed by atoms with Crippen molar-refractivity contribution in [2.45, 2.75) is 31.9 Å². The highest BCUT2D eigenvalue weighted by Gasteiger charge is 2.16. The summed E-state index contributed by atoms with van der Waals surface area (Å²) < 4.78 is 11.0. The van der Waals surface area contributed by atoms with Crippen molar-refractivity contribution in [1.29, 1.82) is 0 Å². The number of rotatable bonds is 7. The normalized spacial score (nSPS) is 11.0. The summed E-state index contributed by atoms with van der Waals surface area (Å²) in [6.45, 7) is 6.24. The molecule has 3 aromatic rings. The van der Waals surface area contributed by atoms with E-state index in [1.165, 1.54) is 17.3 Å². The molecule has 0 spiro atoms. The third-order valence-corrected chi connectivity index (χ3v) is 5.03. The van der Waals surface area contributed by atoms with E-state index in [9.17, 15) is 4.79 Å². The number of carbonyl (C=O) groups is 1. The minimum absolute atomic E-state index is 0.0402. The molecule has 0 bridgehead atoms. The molecule has 140 valence electrons. The molecule has 1 heterocycles. The van der Waals surface area contributed by atoms with E-state index in [0.717, 1.165) is 11.1 Å². The lowest BCUT2D eigenvalue weighted by Gasteiger charge is -2.07. The number of methoxy groups -OCH3 is 1. The van der Waals surface area contributed by atoms with Gasteiger partial charge in [0.2, 0.25) is 5.89 Å². The molecule has 0 saturated carbocycles. The molecule has 0 aliphatic carbocycles. The fourth-order valence-electron chi connectivity index (χ4n) is 2.64. The molecule has 5 nitrogen and oxygen atoms in total. The van der Waals surface area contributed by atoms with Crippen LogP contribution in [0.5, 0.6) is 5.75 Å². The zero-order valence-electron chi connectivity index (χ0n) is 15.9. The zero-order chi connectivity index (χ0) is 19.4. The van der Waals surface area contributed by atoms with Crippen LogP contribution in [0.4, 0.5) is 0 Å². The van der Waals surface area contributed by atoms with Crippen LogP contribution in [0.1, 0.15) is 41.3 Å². The first kappa shape index (κ1) is 19.2. The van der Waals surface area contributed by atoms with Gasteiger partial charge in [-0.1, -0.05) is 49.4 Å². The lowest BCUT2D eigenvalue weighted by atomic mass is 10.0. The molecule has 0 aliphatic rings. The second-order valence-electron chi connectivity index (χ2n) is 6.57. The van der Waals surface area contributed by atoms with Crippen LogP contribution in [0.2, 0.25) is 0 Å².